The number of methoxy groups -OCH3 is 1. The topological polar surface area (TPSA) is 72.5 Å². The smallest absolute Gasteiger partial charge is 0.325 e. The first-order chi connectivity index (χ1) is 7.97. The third-order valence-corrected chi connectivity index (χ3v) is 5.16. The normalized spacial score (nSPS) is 19.9. The van der Waals surface area contributed by atoms with Crippen molar-refractivity contribution in [2.75, 3.05) is 13.7 Å². The highest BCUT2D eigenvalue weighted by atomic mass is 35.5. The number of ether oxygens (including phenoxy) is 1. The molecule has 100 valence electrons. The maximum atomic E-state index is 11.9. The second-order valence-corrected chi connectivity index (χ2v) is 6.72. The van der Waals surface area contributed by atoms with E-state index in [1.54, 1.807) is 0 Å². The van der Waals surface area contributed by atoms with Gasteiger partial charge in [0.1, 0.15) is 5.38 Å². The van der Waals surface area contributed by atoms with Gasteiger partial charge in [-0.05, 0) is 12.8 Å². The van der Waals surface area contributed by atoms with Gasteiger partial charge in [0.25, 0.3) is 0 Å². The molecule has 1 fully saturated rings. The van der Waals surface area contributed by atoms with Gasteiger partial charge in [0.05, 0.1) is 12.4 Å². The number of nitrogens with one attached hydrogen (secondary N) is 1. The Morgan fingerprint density at radius 1 is 1.41 bits per heavy atom. The van der Waals surface area contributed by atoms with Crippen molar-refractivity contribution >= 4 is 27.6 Å². The summed E-state index contributed by atoms with van der Waals surface area (Å²) in [5, 5.41) is -1.32. The minimum Gasteiger partial charge on any atom is -0.468 e. The second kappa shape index (κ2) is 6.56. The zero-order valence-corrected chi connectivity index (χ0v) is 11.4. The molecular formula is C10H18ClNO4S. The van der Waals surface area contributed by atoms with Crippen molar-refractivity contribution in [3.05, 3.63) is 0 Å². The summed E-state index contributed by atoms with van der Waals surface area (Å²) >= 11 is 5.67. The van der Waals surface area contributed by atoms with Crippen molar-refractivity contribution < 1.29 is 17.9 Å². The molecule has 0 aromatic heterocycles. The molecule has 0 heterocycles. The predicted octanol–water partition coefficient (Wildman–Crippen LogP) is 1.02. The molecule has 1 rings (SSSR count). The van der Waals surface area contributed by atoms with Gasteiger partial charge < -0.3 is 4.74 Å². The number of sulfonamides is 1. The number of hydrogen-bond donors (Lipinski definition) is 1. The average molecular weight is 284 g/mol. The second-order valence-electron chi connectivity index (χ2n) is 4.14. The number of carbonyl (C=O) groups is 1. The monoisotopic (exact) mass is 283 g/mol. The molecule has 1 N–H and O–H groups in total. The van der Waals surface area contributed by atoms with Crippen LogP contribution in [0.15, 0.2) is 0 Å². The van der Waals surface area contributed by atoms with Crippen LogP contribution >= 0.6 is 11.6 Å². The zero-order valence-electron chi connectivity index (χ0n) is 9.82. The molecule has 0 saturated heterocycles. The Morgan fingerprint density at radius 2 is 2.00 bits per heavy atom. The fourth-order valence-electron chi connectivity index (χ4n) is 1.89. The van der Waals surface area contributed by atoms with E-state index in [0.29, 0.717) is 12.8 Å². The molecule has 1 unspecified atom stereocenters. The van der Waals surface area contributed by atoms with Crippen LogP contribution in [0.4, 0.5) is 0 Å². The first-order valence-electron chi connectivity index (χ1n) is 5.67. The minimum absolute atomic E-state index is 0.118. The molecule has 1 aliphatic carbocycles. The fourth-order valence-corrected chi connectivity index (χ4v) is 3.74. The lowest BCUT2D eigenvalue weighted by Gasteiger charge is -2.22. The summed E-state index contributed by atoms with van der Waals surface area (Å²) in [4.78, 5) is 11.0. The van der Waals surface area contributed by atoms with Crippen molar-refractivity contribution in [1.29, 1.82) is 0 Å². The number of alkyl halides is 1. The van der Waals surface area contributed by atoms with Crippen molar-refractivity contribution in [2.45, 2.75) is 42.7 Å². The molecule has 5 nitrogen and oxygen atoms in total. The van der Waals surface area contributed by atoms with Crippen LogP contribution in [0.1, 0.15) is 32.1 Å². The van der Waals surface area contributed by atoms with E-state index in [1.807, 2.05) is 0 Å². The van der Waals surface area contributed by atoms with Gasteiger partial charge in [0.15, 0.2) is 0 Å². The van der Waals surface area contributed by atoms with Crippen LogP contribution in [0.3, 0.4) is 0 Å². The van der Waals surface area contributed by atoms with Crippen LogP contribution in [-0.4, -0.2) is 38.7 Å². The van der Waals surface area contributed by atoms with Crippen molar-refractivity contribution in [3.63, 3.8) is 0 Å². The highest BCUT2D eigenvalue weighted by molar-refractivity contribution is 7.90. The van der Waals surface area contributed by atoms with Crippen LogP contribution in [0.25, 0.3) is 0 Å². The number of carbonyl (C=O) groups excluding carboxylic acids is 1. The highest BCUT2D eigenvalue weighted by Crippen LogP contribution is 2.23. The molecule has 0 aromatic carbocycles. The fraction of sp³-hybridized carbons (Fsp3) is 0.900. The van der Waals surface area contributed by atoms with Gasteiger partial charge in [-0.2, -0.15) is 0 Å². The van der Waals surface area contributed by atoms with Crippen molar-refractivity contribution in [2.24, 2.45) is 0 Å². The van der Waals surface area contributed by atoms with Gasteiger partial charge in [0.2, 0.25) is 10.0 Å². The molecule has 7 heteroatoms. The number of rotatable bonds is 5. The van der Waals surface area contributed by atoms with Gasteiger partial charge >= 0.3 is 5.97 Å². The Labute approximate surface area is 107 Å². The summed E-state index contributed by atoms with van der Waals surface area (Å²) in [6, 6.07) is 0. The van der Waals surface area contributed by atoms with Gasteiger partial charge in [-0.25, -0.2) is 13.1 Å². The first-order valence-corrected chi connectivity index (χ1v) is 7.66. The van der Waals surface area contributed by atoms with Crippen LogP contribution < -0.4 is 4.72 Å². The largest absolute Gasteiger partial charge is 0.468 e. The average Bonchev–Trinajstić information content (AvgIpc) is 2.36. The van der Waals surface area contributed by atoms with Gasteiger partial charge in [-0.15, -0.1) is 11.6 Å². The zero-order chi connectivity index (χ0) is 12.9. The Kier molecular flexibility index (Phi) is 5.69. The third-order valence-electron chi connectivity index (χ3n) is 2.91. The van der Waals surface area contributed by atoms with E-state index in [1.165, 1.54) is 7.11 Å². The molecule has 0 radical (unpaired) electrons. The molecule has 17 heavy (non-hydrogen) atoms. The minimum atomic E-state index is -3.36. The molecule has 1 atom stereocenters. The molecule has 0 spiro atoms. The molecule has 0 aliphatic heterocycles. The number of hydrogen-bond acceptors (Lipinski definition) is 4. The number of esters is 1. The van der Waals surface area contributed by atoms with E-state index >= 15 is 0 Å². The van der Waals surface area contributed by atoms with Gasteiger partial charge in [0, 0.05) is 6.54 Å². The van der Waals surface area contributed by atoms with Crippen LogP contribution in [0.2, 0.25) is 0 Å². The standard InChI is InChI=1S/C10H18ClNO4S/c1-16-10(13)9(11)7-12-17(14,15)8-5-3-2-4-6-8/h8-9,12H,2-7H2,1H3. The SMILES string of the molecule is COC(=O)C(Cl)CNS(=O)(=O)C1CCCCC1. The molecule has 1 aliphatic rings. The molecule has 0 aromatic rings. The Balaban J connectivity index is 2.46. The maximum Gasteiger partial charge on any atom is 0.325 e. The Morgan fingerprint density at radius 3 is 2.53 bits per heavy atom. The third kappa shape index (κ3) is 4.44. The molecule has 0 bridgehead atoms. The van der Waals surface area contributed by atoms with Crippen LogP contribution in [-0.2, 0) is 19.6 Å². The van der Waals surface area contributed by atoms with Gasteiger partial charge in [-0.1, -0.05) is 19.3 Å². The van der Waals surface area contributed by atoms with E-state index in [2.05, 4.69) is 9.46 Å². The summed E-state index contributed by atoms with van der Waals surface area (Å²) in [5.74, 6) is -0.627. The summed E-state index contributed by atoms with van der Waals surface area (Å²) in [6.07, 6.45) is 4.33. The Hall–Kier alpha value is -0.330. The summed E-state index contributed by atoms with van der Waals surface area (Å²) in [6.45, 7) is -0.118. The Bertz CT molecular complexity index is 351. The first kappa shape index (κ1) is 14.7. The summed E-state index contributed by atoms with van der Waals surface area (Å²) in [5.41, 5.74) is 0. The number of halogens is 1. The maximum absolute atomic E-state index is 11.9. The van der Waals surface area contributed by atoms with E-state index in [9.17, 15) is 13.2 Å². The van der Waals surface area contributed by atoms with Crippen LogP contribution in [0.5, 0.6) is 0 Å². The van der Waals surface area contributed by atoms with Crippen molar-refractivity contribution in [3.8, 4) is 0 Å². The molecule has 1 saturated carbocycles. The molecule has 0 amide bonds. The van der Waals surface area contributed by atoms with Gasteiger partial charge in [-0.3, -0.25) is 4.79 Å². The lowest BCUT2D eigenvalue weighted by Crippen LogP contribution is -2.40. The highest BCUT2D eigenvalue weighted by Gasteiger charge is 2.28. The van der Waals surface area contributed by atoms with Crippen molar-refractivity contribution in [1.82, 2.24) is 4.72 Å². The predicted molar refractivity (Wildman–Crippen MR) is 65.5 cm³/mol. The van der Waals surface area contributed by atoms with E-state index in [4.69, 9.17) is 11.6 Å². The van der Waals surface area contributed by atoms with E-state index in [0.717, 1.165) is 19.3 Å². The summed E-state index contributed by atoms with van der Waals surface area (Å²) < 4.78 is 30.6. The van der Waals surface area contributed by atoms with Crippen LogP contribution in [0, 0.1) is 0 Å². The molecular weight excluding hydrogens is 266 g/mol. The lowest BCUT2D eigenvalue weighted by atomic mass is 10.0. The van der Waals surface area contributed by atoms with E-state index in [-0.39, 0.29) is 11.8 Å². The lowest BCUT2D eigenvalue weighted by molar-refractivity contribution is -0.140. The summed E-state index contributed by atoms with van der Waals surface area (Å²) in [7, 11) is -2.15. The quantitative estimate of drug-likeness (QED) is 0.604. The van der Waals surface area contributed by atoms with E-state index < -0.39 is 21.4 Å².